The zero-order chi connectivity index (χ0) is 10.8. The lowest BCUT2D eigenvalue weighted by Crippen LogP contribution is -1.88. The van der Waals surface area contributed by atoms with Crippen molar-refractivity contribution in [2.45, 2.75) is 19.8 Å². The molecule has 0 saturated heterocycles. The largest absolute Gasteiger partial charge is 0.375 e. The number of anilines is 1. The zero-order valence-corrected chi connectivity index (χ0v) is 9.71. The molecule has 1 aromatic heterocycles. The summed E-state index contributed by atoms with van der Waals surface area (Å²) < 4.78 is 0. The minimum absolute atomic E-state index is 0.543. The van der Waals surface area contributed by atoms with Gasteiger partial charge in [0.2, 0.25) is 0 Å². The molecular formula is C12H14N2S. The summed E-state index contributed by atoms with van der Waals surface area (Å²) in [6.07, 6.45) is 0. The maximum absolute atomic E-state index is 5.62. The first-order valence-corrected chi connectivity index (χ1v) is 5.86. The molecule has 0 atom stereocenters. The van der Waals surface area contributed by atoms with Gasteiger partial charge in [-0.15, -0.1) is 11.3 Å². The van der Waals surface area contributed by atoms with E-state index < -0.39 is 0 Å². The molecule has 0 aliphatic rings. The number of thiazole rings is 1. The SMILES string of the molecule is CC(C)c1cccc(-c2csc(N)n2)c1. The number of hydrogen-bond acceptors (Lipinski definition) is 3. The van der Waals surface area contributed by atoms with Crippen molar-refractivity contribution in [1.29, 1.82) is 0 Å². The van der Waals surface area contributed by atoms with Gasteiger partial charge >= 0.3 is 0 Å². The van der Waals surface area contributed by atoms with E-state index in [1.165, 1.54) is 16.9 Å². The minimum Gasteiger partial charge on any atom is -0.375 e. The van der Waals surface area contributed by atoms with Gasteiger partial charge in [-0.1, -0.05) is 32.0 Å². The molecule has 1 heterocycles. The Balaban J connectivity index is 2.41. The van der Waals surface area contributed by atoms with E-state index in [4.69, 9.17) is 5.73 Å². The lowest BCUT2D eigenvalue weighted by molar-refractivity contribution is 0.867. The fourth-order valence-electron chi connectivity index (χ4n) is 1.48. The van der Waals surface area contributed by atoms with E-state index in [2.05, 4.69) is 43.1 Å². The van der Waals surface area contributed by atoms with Gasteiger partial charge in [-0.05, 0) is 17.5 Å². The Morgan fingerprint density at radius 3 is 2.73 bits per heavy atom. The van der Waals surface area contributed by atoms with E-state index in [9.17, 15) is 0 Å². The van der Waals surface area contributed by atoms with E-state index in [0.29, 0.717) is 11.0 Å². The van der Waals surface area contributed by atoms with E-state index >= 15 is 0 Å². The van der Waals surface area contributed by atoms with Crippen LogP contribution in [0.15, 0.2) is 29.6 Å². The van der Waals surface area contributed by atoms with E-state index in [0.717, 1.165) is 11.3 Å². The van der Waals surface area contributed by atoms with Crippen molar-refractivity contribution in [2.75, 3.05) is 5.73 Å². The van der Waals surface area contributed by atoms with Crippen LogP contribution in [0.4, 0.5) is 5.13 Å². The summed E-state index contributed by atoms with van der Waals surface area (Å²) in [5.74, 6) is 0.543. The molecule has 0 unspecified atom stereocenters. The second-order valence-corrected chi connectivity index (χ2v) is 4.74. The molecule has 0 saturated carbocycles. The monoisotopic (exact) mass is 218 g/mol. The normalized spacial score (nSPS) is 10.9. The number of aromatic nitrogens is 1. The van der Waals surface area contributed by atoms with Gasteiger partial charge in [-0.3, -0.25) is 0 Å². The summed E-state index contributed by atoms with van der Waals surface area (Å²) in [7, 11) is 0. The molecule has 2 nitrogen and oxygen atoms in total. The molecule has 2 N–H and O–H groups in total. The van der Waals surface area contributed by atoms with Crippen LogP contribution in [0, 0.1) is 0 Å². The second kappa shape index (κ2) is 4.03. The Morgan fingerprint density at radius 1 is 1.33 bits per heavy atom. The molecule has 0 spiro atoms. The first kappa shape index (κ1) is 10.2. The van der Waals surface area contributed by atoms with Crippen molar-refractivity contribution in [3.8, 4) is 11.3 Å². The maximum Gasteiger partial charge on any atom is 0.180 e. The Hall–Kier alpha value is -1.35. The van der Waals surface area contributed by atoms with Crippen molar-refractivity contribution in [2.24, 2.45) is 0 Å². The number of hydrogen-bond donors (Lipinski definition) is 1. The molecule has 0 amide bonds. The standard InChI is InChI=1S/C12H14N2S/c1-8(2)9-4-3-5-10(6-9)11-7-15-12(13)14-11/h3-8H,1-2H3,(H2,13,14). The van der Waals surface area contributed by atoms with Crippen LogP contribution in [-0.4, -0.2) is 4.98 Å². The van der Waals surface area contributed by atoms with Crippen molar-refractivity contribution in [3.05, 3.63) is 35.2 Å². The third-order valence-corrected chi connectivity index (χ3v) is 3.04. The summed E-state index contributed by atoms with van der Waals surface area (Å²) in [6.45, 7) is 4.38. The van der Waals surface area contributed by atoms with E-state index in [-0.39, 0.29) is 0 Å². The smallest absolute Gasteiger partial charge is 0.180 e. The Morgan fingerprint density at radius 2 is 2.13 bits per heavy atom. The lowest BCUT2D eigenvalue weighted by atomic mass is 10.0. The molecular weight excluding hydrogens is 204 g/mol. The highest BCUT2D eigenvalue weighted by Gasteiger charge is 2.04. The minimum atomic E-state index is 0.543. The fourth-order valence-corrected chi connectivity index (χ4v) is 2.05. The van der Waals surface area contributed by atoms with Crippen LogP contribution in [-0.2, 0) is 0 Å². The van der Waals surface area contributed by atoms with E-state index in [1.54, 1.807) is 0 Å². The van der Waals surface area contributed by atoms with Crippen LogP contribution < -0.4 is 5.73 Å². The summed E-state index contributed by atoms with van der Waals surface area (Å²) in [6, 6.07) is 8.46. The van der Waals surface area contributed by atoms with Gasteiger partial charge in [0.05, 0.1) is 5.69 Å². The Bertz CT molecular complexity index is 460. The quantitative estimate of drug-likeness (QED) is 0.837. The number of nitrogen functional groups attached to an aromatic ring is 1. The molecule has 2 aromatic rings. The van der Waals surface area contributed by atoms with Crippen LogP contribution in [0.2, 0.25) is 0 Å². The first-order valence-electron chi connectivity index (χ1n) is 4.98. The molecule has 1 aromatic carbocycles. The number of benzene rings is 1. The van der Waals surface area contributed by atoms with Crippen LogP contribution >= 0.6 is 11.3 Å². The summed E-state index contributed by atoms with van der Waals surface area (Å²) >= 11 is 1.48. The second-order valence-electron chi connectivity index (χ2n) is 3.85. The third-order valence-electron chi connectivity index (χ3n) is 2.37. The van der Waals surface area contributed by atoms with Gasteiger partial charge in [-0.2, -0.15) is 0 Å². The zero-order valence-electron chi connectivity index (χ0n) is 8.90. The van der Waals surface area contributed by atoms with Crippen LogP contribution in [0.5, 0.6) is 0 Å². The van der Waals surface area contributed by atoms with Gasteiger partial charge in [0.25, 0.3) is 0 Å². The number of rotatable bonds is 2. The van der Waals surface area contributed by atoms with Gasteiger partial charge in [0.1, 0.15) is 0 Å². The molecule has 0 fully saturated rings. The van der Waals surface area contributed by atoms with E-state index in [1.807, 2.05) is 5.38 Å². The van der Waals surface area contributed by atoms with Gasteiger partial charge < -0.3 is 5.73 Å². The highest BCUT2D eigenvalue weighted by atomic mass is 32.1. The lowest BCUT2D eigenvalue weighted by Gasteiger charge is -2.06. The number of nitrogens with zero attached hydrogens (tertiary/aromatic N) is 1. The third kappa shape index (κ3) is 2.18. The topological polar surface area (TPSA) is 38.9 Å². The average molecular weight is 218 g/mol. The van der Waals surface area contributed by atoms with Crippen LogP contribution in [0.25, 0.3) is 11.3 Å². The molecule has 78 valence electrons. The molecule has 0 bridgehead atoms. The number of nitrogens with two attached hydrogens (primary N) is 1. The first-order chi connectivity index (χ1) is 7.16. The molecule has 15 heavy (non-hydrogen) atoms. The van der Waals surface area contributed by atoms with Crippen LogP contribution in [0.3, 0.4) is 0 Å². The maximum atomic E-state index is 5.62. The fraction of sp³-hybridized carbons (Fsp3) is 0.250. The van der Waals surface area contributed by atoms with Gasteiger partial charge in [0.15, 0.2) is 5.13 Å². The predicted octanol–water partition coefficient (Wildman–Crippen LogP) is 3.52. The Kier molecular flexibility index (Phi) is 2.73. The van der Waals surface area contributed by atoms with Crippen molar-refractivity contribution < 1.29 is 0 Å². The van der Waals surface area contributed by atoms with Crippen molar-refractivity contribution in [1.82, 2.24) is 4.98 Å². The van der Waals surface area contributed by atoms with Crippen molar-refractivity contribution >= 4 is 16.5 Å². The molecule has 0 radical (unpaired) electrons. The van der Waals surface area contributed by atoms with Crippen molar-refractivity contribution in [3.63, 3.8) is 0 Å². The summed E-state index contributed by atoms with van der Waals surface area (Å²) in [5.41, 5.74) is 9.07. The summed E-state index contributed by atoms with van der Waals surface area (Å²) in [4.78, 5) is 4.28. The summed E-state index contributed by atoms with van der Waals surface area (Å²) in [5, 5.41) is 2.62. The van der Waals surface area contributed by atoms with Crippen LogP contribution in [0.1, 0.15) is 25.3 Å². The highest BCUT2D eigenvalue weighted by Crippen LogP contribution is 2.25. The molecule has 2 rings (SSSR count). The Labute approximate surface area is 93.8 Å². The molecule has 3 heteroatoms. The molecule has 0 aliphatic heterocycles. The highest BCUT2D eigenvalue weighted by molar-refractivity contribution is 7.13. The molecule has 0 aliphatic carbocycles. The van der Waals surface area contributed by atoms with Gasteiger partial charge in [0, 0.05) is 10.9 Å². The predicted molar refractivity (Wildman–Crippen MR) is 66.1 cm³/mol. The van der Waals surface area contributed by atoms with Gasteiger partial charge in [-0.25, -0.2) is 4.98 Å². The average Bonchev–Trinajstić information content (AvgIpc) is 2.65.